The van der Waals surface area contributed by atoms with Crippen LogP contribution in [0, 0.1) is 0 Å². The fourth-order valence-corrected chi connectivity index (χ4v) is 19.1. The third-order valence-corrected chi connectivity index (χ3v) is 25.1. The third kappa shape index (κ3) is 13.3. The van der Waals surface area contributed by atoms with Crippen molar-refractivity contribution in [2.24, 2.45) is 0 Å². The van der Waals surface area contributed by atoms with Crippen molar-refractivity contribution in [3.63, 3.8) is 0 Å². The molecular weight excluding hydrogens is 1590 g/mol. The normalized spacial score (nSPS) is 15.2. The summed E-state index contributed by atoms with van der Waals surface area (Å²) in [6, 6.07) is 77.3. The molecule has 0 aliphatic heterocycles. The Morgan fingerprint density at radius 3 is 0.773 bits per heavy atom. The lowest BCUT2D eigenvalue weighted by Gasteiger charge is -2.20. The van der Waals surface area contributed by atoms with Gasteiger partial charge in [-0.1, -0.05) is 479 Å². The molecule has 0 N–H and O–H groups in total. The van der Waals surface area contributed by atoms with E-state index in [2.05, 4.69) is 0 Å². The summed E-state index contributed by atoms with van der Waals surface area (Å²) < 4.78 is 314. The highest BCUT2D eigenvalue weighted by Crippen LogP contribution is 2.53. The molecule has 132 heavy (non-hydrogen) atoms. The van der Waals surface area contributed by atoms with Gasteiger partial charge in [0, 0.05) is 0 Å². The minimum atomic E-state index is -0.853. The predicted molar refractivity (Wildman–Crippen MR) is 571 cm³/mol. The molecule has 27 rings (SSSR count). The minimum Gasteiger partial charge on any atom is -0.0616 e. The van der Waals surface area contributed by atoms with Gasteiger partial charge in [-0.15, -0.1) is 0 Å². The van der Waals surface area contributed by atoms with Crippen LogP contribution in [0.25, 0.3) is 262 Å². The van der Waals surface area contributed by atoms with Gasteiger partial charge in [-0.3, -0.25) is 0 Å². The van der Waals surface area contributed by atoms with Gasteiger partial charge in [0.25, 0.3) is 0 Å². The Morgan fingerprint density at radius 2 is 0.364 bits per heavy atom. The number of hydrogen-bond donors (Lipinski definition) is 0. The van der Waals surface area contributed by atoms with Crippen molar-refractivity contribution in [1.82, 2.24) is 0 Å². The standard InChI is InChI=1S/3C44H28/c2*1-4-18-33-29(12-1)15-9-23-36(33)32-26-27-41-42(28-32)44(38-25-11-17-31-14-3-6-20-35(31)38)40-22-8-7-21-39(40)43(41)37-24-10-16-30-13-2-5-19-34(30)37;1-3-13-32-26-35(22-20-29(32)10-1)43-39-17-7-8-18-40(39)44(36-23-21-30-11-2-4-14-33(30)27-36)42-28-34(24-25-41(42)43)38-19-9-15-31-12-5-6-16-37(31)38/h3*1-28H/i2D,3D,5D,6D,7D,8D,10D,11D,13D,14D,16D,17D,20D,21D,22D,24D,25D,26D,27D,28D;7D,8D,21D,22D,26D,27D,28D;7D,8D,17D,18D,24D,25D,28D. The second-order valence-electron chi connectivity index (χ2n) is 32.3. The Hall–Kier alpha value is -17.2. The molecule has 27 aromatic rings. The molecule has 0 saturated heterocycles. The van der Waals surface area contributed by atoms with Crippen LogP contribution in [0.3, 0.4) is 0 Å². The summed E-state index contributed by atoms with van der Waals surface area (Å²) in [4.78, 5) is 0. The summed E-state index contributed by atoms with van der Waals surface area (Å²) in [5, 5.41) is 11.0. The number of fused-ring (bicyclic) bond motifs is 15. The number of rotatable bonds is 9. The van der Waals surface area contributed by atoms with E-state index in [9.17, 15) is 23.3 Å². The monoisotopic (exact) mass is 1700 g/mol. The van der Waals surface area contributed by atoms with Crippen LogP contribution in [0.15, 0.2) is 509 Å². The zero-order valence-electron chi connectivity index (χ0n) is 104. The molecule has 0 aromatic heterocycles. The van der Waals surface area contributed by atoms with Crippen molar-refractivity contribution >= 4 is 162 Å². The molecule has 0 heteroatoms. The van der Waals surface area contributed by atoms with Crippen molar-refractivity contribution in [3.05, 3.63) is 509 Å². The maximum atomic E-state index is 10.2. The molecule has 0 fully saturated rings. The first-order valence-electron chi connectivity index (χ1n) is 60.1. The molecule has 0 aliphatic carbocycles. The minimum absolute atomic E-state index is 0.0288. The quantitative estimate of drug-likeness (QED) is 0.126. The zero-order chi connectivity index (χ0) is 117. The summed E-state index contributed by atoms with van der Waals surface area (Å²) in [7, 11) is 0. The second-order valence-corrected chi connectivity index (χ2v) is 32.3. The summed E-state index contributed by atoms with van der Waals surface area (Å²) in [6.45, 7) is 0. The van der Waals surface area contributed by atoms with Gasteiger partial charge in [-0.2, -0.15) is 0 Å². The fraction of sp³-hybridized carbons (Fsp3) is 0. The van der Waals surface area contributed by atoms with E-state index in [1.807, 2.05) is 255 Å². The molecule has 0 nitrogen and oxygen atoms in total. The lowest BCUT2D eigenvalue weighted by atomic mass is 9.82. The molecule has 0 atom stereocenters. The third-order valence-electron chi connectivity index (χ3n) is 25.1. The summed E-state index contributed by atoms with van der Waals surface area (Å²) in [6.07, 6.45) is 0. The van der Waals surface area contributed by atoms with Crippen LogP contribution in [0.2, 0.25) is 0 Å². The Morgan fingerprint density at radius 1 is 0.114 bits per heavy atom. The summed E-state index contributed by atoms with van der Waals surface area (Å²) in [5.74, 6) is 0. The first-order valence-corrected chi connectivity index (χ1v) is 43.1. The molecule has 0 unspecified atom stereocenters. The van der Waals surface area contributed by atoms with Crippen molar-refractivity contribution in [2.45, 2.75) is 0 Å². The Kier molecular flexibility index (Phi) is 12.3. The van der Waals surface area contributed by atoms with Gasteiger partial charge in [-0.05, 0) is 292 Å². The smallest absolute Gasteiger partial charge is 0.0616 e. The van der Waals surface area contributed by atoms with Crippen molar-refractivity contribution in [2.75, 3.05) is 0 Å². The topological polar surface area (TPSA) is 0 Å². The van der Waals surface area contributed by atoms with Gasteiger partial charge >= 0.3 is 0 Å². The Balaban J connectivity index is 0.000000127. The van der Waals surface area contributed by atoms with E-state index in [4.69, 9.17) is 23.3 Å². The molecule has 0 saturated carbocycles. The average molecular weight is 1700 g/mol. The van der Waals surface area contributed by atoms with E-state index in [1.54, 1.807) is 42.5 Å². The molecule has 0 heterocycles. The fourth-order valence-electron chi connectivity index (χ4n) is 19.1. The lowest BCUT2D eigenvalue weighted by molar-refractivity contribution is 1.66. The maximum absolute atomic E-state index is 10.2. The van der Waals surface area contributed by atoms with Crippen LogP contribution in [0.4, 0.5) is 0 Å². The molecule has 612 valence electrons. The van der Waals surface area contributed by atoms with Gasteiger partial charge in [-0.25, -0.2) is 0 Å². The molecule has 0 amide bonds. The van der Waals surface area contributed by atoms with Crippen LogP contribution >= 0.6 is 0 Å². The molecule has 0 aliphatic rings. The highest BCUT2D eigenvalue weighted by Gasteiger charge is 2.25. The van der Waals surface area contributed by atoms with Crippen LogP contribution in [-0.2, 0) is 0 Å². The van der Waals surface area contributed by atoms with E-state index in [1.165, 1.54) is 0 Å². The Labute approximate surface area is 813 Å². The molecule has 0 spiro atoms. The number of hydrogen-bond acceptors (Lipinski definition) is 0. The highest BCUT2D eigenvalue weighted by molar-refractivity contribution is 6.29. The van der Waals surface area contributed by atoms with Crippen molar-refractivity contribution < 1.29 is 46.6 Å². The largest absolute Gasteiger partial charge is 0.0636 e. The van der Waals surface area contributed by atoms with E-state index < -0.39 is 175 Å². The van der Waals surface area contributed by atoms with Gasteiger partial charge < -0.3 is 0 Å². The zero-order valence-corrected chi connectivity index (χ0v) is 69.9. The lowest BCUT2D eigenvalue weighted by Crippen LogP contribution is -1.93. The van der Waals surface area contributed by atoms with E-state index in [-0.39, 0.29) is 128 Å². The second kappa shape index (κ2) is 32.6. The van der Waals surface area contributed by atoms with E-state index in [0.717, 1.165) is 70.7 Å². The van der Waals surface area contributed by atoms with Crippen LogP contribution in [-0.4, -0.2) is 0 Å². The van der Waals surface area contributed by atoms with Crippen molar-refractivity contribution in [1.29, 1.82) is 0 Å². The number of benzene rings is 27. The van der Waals surface area contributed by atoms with Gasteiger partial charge in [0.05, 0.1) is 46.6 Å². The maximum Gasteiger partial charge on any atom is 0.0636 e. The SMILES string of the molecule is [2H]c1c([2H])c([2H])c2c(-c3ccc4ccccc4c3)c3c([2H])c(-c4cccc5ccccc45)c([2H])c([2H])c3c(-c3ccc4ccccc4c3)c2c1[2H].[2H]c1c([2H])c([2H])c2c(-c3cccc4ccccc34)c3c([2H])c(-c4cccc5ccccc45)c([2H])c([2H])c3c(-c3cccc4ccccc34)c2c1[2H].[2H]c1cc2c(-c3c4c([2H])c([2H])c([2H])c([2H])c4c(-c4c([2H])c([2H])c([2H])c5c([2H])c([2H])c([2H])c([2H])c45)c4c([2H])c(-c5cccc6ccccc56)c([2H])c([2H])c34)c([2H])c([2H])c([2H])c2c([2H])c1[2H]. The van der Waals surface area contributed by atoms with E-state index >= 15 is 0 Å². The Bertz CT molecular complexity index is 11600. The first kappa shape index (κ1) is 49.8. The van der Waals surface area contributed by atoms with Gasteiger partial charge in [0.2, 0.25) is 0 Å². The summed E-state index contributed by atoms with van der Waals surface area (Å²) in [5.41, 5.74) is 4.49. The van der Waals surface area contributed by atoms with Crippen LogP contribution in [0.5, 0.6) is 0 Å². The highest BCUT2D eigenvalue weighted by atomic mass is 14.3. The van der Waals surface area contributed by atoms with Crippen LogP contribution in [0.1, 0.15) is 46.6 Å². The molecular formula is C132H84. The van der Waals surface area contributed by atoms with Crippen molar-refractivity contribution in [3.8, 4) is 100 Å². The average Bonchev–Trinajstić information content (AvgIpc) is 0.680. The molecule has 27 aromatic carbocycles. The summed E-state index contributed by atoms with van der Waals surface area (Å²) >= 11 is 0. The van der Waals surface area contributed by atoms with Gasteiger partial charge in [0.1, 0.15) is 0 Å². The molecule has 0 radical (unpaired) electrons. The predicted octanol–water partition coefficient (Wildman–Crippen LogP) is 37.4. The first-order chi connectivity index (χ1) is 79.7. The molecule has 0 bridgehead atoms. The van der Waals surface area contributed by atoms with E-state index in [0.29, 0.717) is 99.1 Å². The van der Waals surface area contributed by atoms with Gasteiger partial charge in [0.15, 0.2) is 0 Å². The van der Waals surface area contributed by atoms with Crippen LogP contribution < -0.4 is 0 Å².